The fraction of sp³-hybridized carbons (Fsp3) is 0.333. The molecule has 66 valence electrons. The highest BCUT2D eigenvalue weighted by molar-refractivity contribution is 9.10. The van der Waals surface area contributed by atoms with E-state index in [9.17, 15) is 4.79 Å². The van der Waals surface area contributed by atoms with Crippen LogP contribution in [0.15, 0.2) is 4.47 Å². The molecule has 1 rings (SSSR count). The molecule has 0 aliphatic rings. The second-order valence-corrected chi connectivity index (χ2v) is 2.99. The summed E-state index contributed by atoms with van der Waals surface area (Å²) in [6.07, 6.45) is 0.599. The van der Waals surface area contributed by atoms with Gasteiger partial charge in [-0.05, 0) is 15.9 Å². The lowest BCUT2D eigenvalue weighted by molar-refractivity contribution is -0.105. The molecular weight excluding hydrogens is 224 g/mol. The maximum atomic E-state index is 10.2. The third kappa shape index (κ3) is 1.49. The summed E-state index contributed by atoms with van der Waals surface area (Å²) >= 11 is 3.28. The molecule has 0 bridgehead atoms. The molecule has 0 aromatic carbocycles. The molecule has 1 heterocycles. The number of hydrogen-bond donors (Lipinski definition) is 2. The summed E-state index contributed by atoms with van der Waals surface area (Å²) in [7, 11) is 1.73. The molecule has 0 fully saturated rings. The third-order valence-electron chi connectivity index (χ3n) is 1.44. The van der Waals surface area contributed by atoms with Crippen LogP contribution in [0.2, 0.25) is 0 Å². The van der Waals surface area contributed by atoms with Gasteiger partial charge in [-0.25, -0.2) is 0 Å². The molecule has 0 spiro atoms. The van der Waals surface area contributed by atoms with E-state index in [1.165, 1.54) is 0 Å². The molecule has 1 aromatic heterocycles. The molecule has 5 nitrogen and oxygen atoms in total. The molecular formula is C6H9BrN4O. The van der Waals surface area contributed by atoms with Crippen LogP contribution in [0.25, 0.3) is 0 Å². The monoisotopic (exact) mass is 232 g/mol. The fourth-order valence-corrected chi connectivity index (χ4v) is 1.51. The van der Waals surface area contributed by atoms with E-state index in [4.69, 9.17) is 5.73 Å². The van der Waals surface area contributed by atoms with Crippen LogP contribution in [0.1, 0.15) is 5.69 Å². The van der Waals surface area contributed by atoms with E-state index in [1.807, 2.05) is 0 Å². The Bertz CT molecular complexity index is 296. The van der Waals surface area contributed by atoms with Gasteiger partial charge >= 0.3 is 0 Å². The van der Waals surface area contributed by atoms with Crippen molar-refractivity contribution in [1.29, 1.82) is 0 Å². The van der Waals surface area contributed by atoms with Crippen LogP contribution in [-0.2, 0) is 18.4 Å². The highest BCUT2D eigenvalue weighted by Crippen LogP contribution is 2.24. The first-order valence-electron chi connectivity index (χ1n) is 3.32. The van der Waals surface area contributed by atoms with E-state index >= 15 is 0 Å². The van der Waals surface area contributed by atoms with E-state index in [1.54, 1.807) is 11.7 Å². The number of rotatable bonds is 3. The lowest BCUT2D eigenvalue weighted by atomic mass is 10.4. The van der Waals surface area contributed by atoms with E-state index in [0.717, 1.165) is 10.2 Å². The van der Waals surface area contributed by atoms with Crippen LogP contribution in [0.5, 0.6) is 0 Å². The lowest BCUT2D eigenvalue weighted by Crippen LogP contribution is -2.02. The van der Waals surface area contributed by atoms with Crippen molar-refractivity contribution in [3.8, 4) is 0 Å². The highest BCUT2D eigenvalue weighted by Gasteiger charge is 2.10. The third-order valence-corrected chi connectivity index (χ3v) is 2.28. The van der Waals surface area contributed by atoms with Crippen molar-refractivity contribution in [3.63, 3.8) is 0 Å². The number of nitrogens with zero attached hydrogens (tertiary/aromatic N) is 2. The zero-order chi connectivity index (χ0) is 9.14. The summed E-state index contributed by atoms with van der Waals surface area (Å²) in [6.45, 7) is 0.342. The molecule has 0 unspecified atom stereocenters. The molecule has 0 saturated carbocycles. The van der Waals surface area contributed by atoms with Crippen LogP contribution in [0, 0.1) is 0 Å². The Morgan fingerprint density at radius 2 is 2.50 bits per heavy atom. The van der Waals surface area contributed by atoms with Gasteiger partial charge in [0, 0.05) is 13.6 Å². The molecule has 3 N–H and O–H groups in total. The van der Waals surface area contributed by atoms with Gasteiger partial charge in [0.05, 0.1) is 10.2 Å². The molecule has 0 aliphatic heterocycles. The normalized spacial score (nSPS) is 9.92. The van der Waals surface area contributed by atoms with Gasteiger partial charge < -0.3 is 11.1 Å². The number of hydrogen-bond acceptors (Lipinski definition) is 3. The largest absolute Gasteiger partial charge is 0.325 e. The van der Waals surface area contributed by atoms with Crippen molar-refractivity contribution in [1.82, 2.24) is 9.78 Å². The predicted octanol–water partition coefficient (Wildman–Crippen LogP) is 0.210. The van der Waals surface area contributed by atoms with Gasteiger partial charge in [-0.1, -0.05) is 0 Å². The van der Waals surface area contributed by atoms with Gasteiger partial charge in [0.25, 0.3) is 0 Å². The number of nitrogens with one attached hydrogen (secondary N) is 1. The lowest BCUT2D eigenvalue weighted by Gasteiger charge is -1.97. The van der Waals surface area contributed by atoms with Crippen molar-refractivity contribution in [2.24, 2.45) is 12.8 Å². The van der Waals surface area contributed by atoms with Crippen molar-refractivity contribution in [2.75, 3.05) is 5.32 Å². The van der Waals surface area contributed by atoms with Gasteiger partial charge in [-0.3, -0.25) is 9.48 Å². The second-order valence-electron chi connectivity index (χ2n) is 2.20. The summed E-state index contributed by atoms with van der Waals surface area (Å²) in [4.78, 5) is 10.2. The van der Waals surface area contributed by atoms with E-state index < -0.39 is 0 Å². The second kappa shape index (κ2) is 3.68. The Balaban J connectivity index is 3.09. The summed E-state index contributed by atoms with van der Waals surface area (Å²) < 4.78 is 2.29. The number of anilines is 1. The highest BCUT2D eigenvalue weighted by atomic mass is 79.9. The summed E-state index contributed by atoms with van der Waals surface area (Å²) in [5.74, 6) is 0.616. The van der Waals surface area contributed by atoms with Crippen LogP contribution >= 0.6 is 15.9 Å². The molecule has 1 aromatic rings. The Morgan fingerprint density at radius 3 is 2.92 bits per heavy atom. The summed E-state index contributed by atoms with van der Waals surface area (Å²) in [6, 6.07) is 0. The van der Waals surface area contributed by atoms with Gasteiger partial charge in [-0.2, -0.15) is 5.10 Å². The molecule has 0 radical (unpaired) electrons. The quantitative estimate of drug-likeness (QED) is 0.733. The first-order chi connectivity index (χ1) is 5.70. The average molecular weight is 233 g/mol. The maximum Gasteiger partial charge on any atom is 0.212 e. The number of carbonyl (C=O) groups is 1. The zero-order valence-electron chi connectivity index (χ0n) is 6.54. The first-order valence-corrected chi connectivity index (χ1v) is 4.11. The summed E-state index contributed by atoms with van der Waals surface area (Å²) in [5.41, 5.74) is 6.13. The predicted molar refractivity (Wildman–Crippen MR) is 48.5 cm³/mol. The van der Waals surface area contributed by atoms with Crippen LogP contribution < -0.4 is 11.1 Å². The van der Waals surface area contributed by atoms with Crippen LogP contribution in [-0.4, -0.2) is 16.2 Å². The molecule has 0 atom stereocenters. The molecule has 0 saturated heterocycles. The fourth-order valence-electron chi connectivity index (χ4n) is 0.897. The standard InChI is InChI=1S/C6H9BrN4O/c1-11-6(9-3-12)5(7)4(2-8)10-11/h3H,2,8H2,1H3,(H,9,12). The Kier molecular flexibility index (Phi) is 2.83. The van der Waals surface area contributed by atoms with Gasteiger partial charge in [-0.15, -0.1) is 0 Å². The van der Waals surface area contributed by atoms with Crippen molar-refractivity contribution >= 4 is 28.2 Å². The Hall–Kier alpha value is -0.880. The average Bonchev–Trinajstić information content (AvgIpc) is 2.32. The van der Waals surface area contributed by atoms with Crippen molar-refractivity contribution in [3.05, 3.63) is 10.2 Å². The van der Waals surface area contributed by atoms with Crippen molar-refractivity contribution in [2.45, 2.75) is 6.54 Å². The minimum absolute atomic E-state index is 0.342. The SMILES string of the molecule is Cn1nc(CN)c(Br)c1NC=O. The topological polar surface area (TPSA) is 72.9 Å². The number of aryl methyl sites for hydroxylation is 1. The number of amides is 1. The zero-order valence-corrected chi connectivity index (χ0v) is 8.13. The van der Waals surface area contributed by atoms with Crippen LogP contribution in [0.4, 0.5) is 5.82 Å². The molecule has 12 heavy (non-hydrogen) atoms. The van der Waals surface area contributed by atoms with Crippen molar-refractivity contribution < 1.29 is 4.79 Å². The van der Waals surface area contributed by atoms with Crippen LogP contribution in [0.3, 0.4) is 0 Å². The number of halogens is 1. The molecule has 0 aliphatic carbocycles. The van der Waals surface area contributed by atoms with Gasteiger partial charge in [0.2, 0.25) is 6.41 Å². The van der Waals surface area contributed by atoms with Gasteiger partial charge in [0.15, 0.2) is 0 Å². The first kappa shape index (κ1) is 9.21. The summed E-state index contributed by atoms with van der Waals surface area (Å²) in [5, 5.41) is 6.59. The minimum Gasteiger partial charge on any atom is -0.325 e. The molecule has 1 amide bonds. The molecule has 6 heteroatoms. The Labute approximate surface area is 78.1 Å². The maximum absolute atomic E-state index is 10.2. The number of aromatic nitrogens is 2. The van der Waals surface area contributed by atoms with Gasteiger partial charge in [0.1, 0.15) is 5.82 Å². The Morgan fingerprint density at radius 1 is 1.83 bits per heavy atom. The number of nitrogens with two attached hydrogens (primary N) is 1. The van der Waals surface area contributed by atoms with E-state index in [0.29, 0.717) is 18.8 Å². The smallest absolute Gasteiger partial charge is 0.212 e. The van der Waals surface area contributed by atoms with E-state index in [2.05, 4.69) is 26.3 Å². The minimum atomic E-state index is 0.342. The van der Waals surface area contributed by atoms with E-state index in [-0.39, 0.29) is 0 Å². The number of carbonyl (C=O) groups excluding carboxylic acids is 1.